The highest BCUT2D eigenvalue weighted by molar-refractivity contribution is 7.91. The molecule has 0 aromatic carbocycles. The van der Waals surface area contributed by atoms with Crippen LogP contribution in [0.15, 0.2) is 0 Å². The van der Waals surface area contributed by atoms with E-state index in [9.17, 15) is 13.2 Å². The van der Waals surface area contributed by atoms with Crippen molar-refractivity contribution in [2.45, 2.75) is 37.0 Å². The van der Waals surface area contributed by atoms with E-state index in [2.05, 4.69) is 0 Å². The van der Waals surface area contributed by atoms with Crippen LogP contribution in [0, 0.1) is 0 Å². The minimum atomic E-state index is -3.02. The largest absolute Gasteiger partial charge is 0.480 e. The summed E-state index contributed by atoms with van der Waals surface area (Å²) in [5, 5.41) is 8.06. The third-order valence-corrected chi connectivity index (χ3v) is 4.27. The number of hydrogen-bond donors (Lipinski definition) is 1. The smallest absolute Gasteiger partial charge is 0.329 e. The summed E-state index contributed by atoms with van der Waals surface area (Å²) in [6, 6.07) is 0. The van der Waals surface area contributed by atoms with E-state index in [-0.39, 0.29) is 18.0 Å². The molecule has 15 heavy (non-hydrogen) atoms. The van der Waals surface area contributed by atoms with Crippen LogP contribution in [-0.4, -0.2) is 43.7 Å². The normalized spacial score (nSPS) is 27.5. The molecule has 0 aromatic rings. The third kappa shape index (κ3) is 4.17. The van der Waals surface area contributed by atoms with E-state index in [4.69, 9.17) is 9.84 Å². The van der Waals surface area contributed by atoms with Crippen molar-refractivity contribution in [3.63, 3.8) is 0 Å². The molecular formula is C9H16O5S. The summed E-state index contributed by atoms with van der Waals surface area (Å²) < 4.78 is 27.7. The van der Waals surface area contributed by atoms with Crippen molar-refractivity contribution in [2.75, 3.05) is 12.9 Å². The lowest BCUT2D eigenvalue weighted by Crippen LogP contribution is -2.32. The van der Waals surface area contributed by atoms with E-state index in [1.165, 1.54) is 6.26 Å². The Hall–Kier alpha value is -0.620. The van der Waals surface area contributed by atoms with Gasteiger partial charge in [0.1, 0.15) is 16.4 Å². The number of ether oxygens (including phenoxy) is 1. The molecule has 0 radical (unpaired) electrons. The maximum atomic E-state index is 11.3. The number of rotatable bonds is 4. The Labute approximate surface area is 89.3 Å². The molecule has 1 rings (SSSR count). The second-order valence-electron chi connectivity index (χ2n) is 3.94. The lowest BCUT2D eigenvalue weighted by atomic mass is 9.97. The monoisotopic (exact) mass is 236 g/mol. The fraction of sp³-hybridized carbons (Fsp3) is 0.889. The summed E-state index contributed by atoms with van der Waals surface area (Å²) in [6.07, 6.45) is 3.60. The highest BCUT2D eigenvalue weighted by Gasteiger charge is 2.29. The summed E-state index contributed by atoms with van der Waals surface area (Å²) in [5.74, 6) is -1.02. The van der Waals surface area contributed by atoms with Gasteiger partial charge in [-0.2, -0.15) is 0 Å². The van der Waals surface area contributed by atoms with Crippen LogP contribution in [0.5, 0.6) is 0 Å². The zero-order chi connectivity index (χ0) is 11.5. The number of sulfone groups is 1. The minimum Gasteiger partial charge on any atom is -0.480 e. The van der Waals surface area contributed by atoms with E-state index in [0.717, 1.165) is 12.8 Å². The molecule has 6 heteroatoms. The fourth-order valence-corrected chi connectivity index (χ4v) is 2.99. The maximum absolute atomic E-state index is 11.3. The van der Waals surface area contributed by atoms with Crippen LogP contribution >= 0.6 is 0 Å². The molecule has 0 bridgehead atoms. The maximum Gasteiger partial charge on any atom is 0.329 e. The average molecular weight is 236 g/mol. The molecule has 5 nitrogen and oxygen atoms in total. The van der Waals surface area contributed by atoms with Gasteiger partial charge in [-0.1, -0.05) is 0 Å². The number of carbonyl (C=O) groups is 1. The molecule has 0 aliphatic heterocycles. The Morgan fingerprint density at radius 1 is 1.47 bits per heavy atom. The van der Waals surface area contributed by atoms with Crippen molar-refractivity contribution in [1.82, 2.24) is 0 Å². The molecule has 1 N–H and O–H groups in total. The minimum absolute atomic E-state index is 0.227. The first-order valence-corrected chi connectivity index (χ1v) is 6.87. The van der Waals surface area contributed by atoms with Gasteiger partial charge in [-0.25, -0.2) is 13.2 Å². The Balaban J connectivity index is 2.46. The average Bonchev–Trinajstić information content (AvgIpc) is 2.14. The van der Waals surface area contributed by atoms with Crippen molar-refractivity contribution in [3.8, 4) is 0 Å². The Morgan fingerprint density at radius 2 is 2.13 bits per heavy atom. The van der Waals surface area contributed by atoms with Gasteiger partial charge in [0.2, 0.25) is 0 Å². The molecule has 0 spiro atoms. The van der Waals surface area contributed by atoms with Gasteiger partial charge in [-0.15, -0.1) is 0 Å². The molecule has 1 aliphatic rings. The van der Waals surface area contributed by atoms with Crippen molar-refractivity contribution in [3.05, 3.63) is 0 Å². The zero-order valence-electron chi connectivity index (χ0n) is 8.68. The molecule has 1 fully saturated rings. The Bertz CT molecular complexity index is 321. The van der Waals surface area contributed by atoms with E-state index in [1.54, 1.807) is 0 Å². The van der Waals surface area contributed by atoms with Gasteiger partial charge in [0, 0.05) is 6.26 Å². The predicted octanol–water partition coefficient (Wildman–Crippen LogP) is 0.443. The fourth-order valence-electron chi connectivity index (χ4n) is 1.83. The van der Waals surface area contributed by atoms with Crippen LogP contribution in [-0.2, 0) is 19.4 Å². The van der Waals surface area contributed by atoms with E-state index in [1.807, 2.05) is 0 Å². The molecule has 1 aliphatic carbocycles. The van der Waals surface area contributed by atoms with Gasteiger partial charge in [-0.3, -0.25) is 0 Å². The van der Waals surface area contributed by atoms with Crippen molar-refractivity contribution < 1.29 is 23.1 Å². The van der Waals surface area contributed by atoms with Crippen LogP contribution in [0.2, 0.25) is 0 Å². The second-order valence-corrected chi connectivity index (χ2v) is 6.27. The highest BCUT2D eigenvalue weighted by atomic mass is 32.2. The zero-order valence-corrected chi connectivity index (χ0v) is 9.50. The molecule has 88 valence electrons. The van der Waals surface area contributed by atoms with Crippen molar-refractivity contribution in [2.24, 2.45) is 0 Å². The molecule has 0 saturated heterocycles. The Kier molecular flexibility index (Phi) is 4.10. The second kappa shape index (κ2) is 4.94. The molecule has 2 unspecified atom stereocenters. The number of carboxylic acids is 1. The summed E-state index contributed by atoms with van der Waals surface area (Å²) in [4.78, 5) is 10.3. The standard InChI is InChI=1S/C9H16O5S/c1-15(12,13)8-4-2-3-7(5-8)14-6-9(10)11/h7-8H,2-6H2,1H3,(H,10,11). The summed E-state index contributed by atoms with van der Waals surface area (Å²) >= 11 is 0. The van der Waals surface area contributed by atoms with Crippen LogP contribution in [0.25, 0.3) is 0 Å². The number of hydrogen-bond acceptors (Lipinski definition) is 4. The van der Waals surface area contributed by atoms with E-state index in [0.29, 0.717) is 12.8 Å². The van der Waals surface area contributed by atoms with Gasteiger partial charge in [0.15, 0.2) is 0 Å². The van der Waals surface area contributed by atoms with Crippen LogP contribution in [0.1, 0.15) is 25.7 Å². The first-order valence-electron chi connectivity index (χ1n) is 4.92. The summed E-state index contributed by atoms with van der Waals surface area (Å²) in [6.45, 7) is -0.346. The van der Waals surface area contributed by atoms with Crippen LogP contribution in [0.4, 0.5) is 0 Å². The number of aliphatic carboxylic acids is 1. The first-order chi connectivity index (χ1) is 6.89. The summed E-state index contributed by atoms with van der Waals surface area (Å²) in [7, 11) is -3.02. The van der Waals surface area contributed by atoms with Crippen molar-refractivity contribution in [1.29, 1.82) is 0 Å². The molecular weight excluding hydrogens is 220 g/mol. The Morgan fingerprint density at radius 3 is 2.67 bits per heavy atom. The van der Waals surface area contributed by atoms with Gasteiger partial charge in [0.25, 0.3) is 0 Å². The third-order valence-electron chi connectivity index (χ3n) is 2.63. The molecule has 1 saturated carbocycles. The first kappa shape index (κ1) is 12.4. The van der Waals surface area contributed by atoms with E-state index >= 15 is 0 Å². The van der Waals surface area contributed by atoms with Gasteiger partial charge in [0.05, 0.1) is 11.4 Å². The van der Waals surface area contributed by atoms with Crippen LogP contribution < -0.4 is 0 Å². The van der Waals surface area contributed by atoms with E-state index < -0.39 is 15.8 Å². The predicted molar refractivity (Wildman–Crippen MR) is 54.5 cm³/mol. The summed E-state index contributed by atoms with van der Waals surface area (Å²) in [5.41, 5.74) is 0. The van der Waals surface area contributed by atoms with Crippen LogP contribution in [0.3, 0.4) is 0 Å². The van der Waals surface area contributed by atoms with Gasteiger partial charge in [-0.05, 0) is 25.7 Å². The molecule has 2 atom stereocenters. The SMILES string of the molecule is CS(=O)(=O)C1CCCC(OCC(=O)O)C1. The van der Waals surface area contributed by atoms with Crippen molar-refractivity contribution >= 4 is 15.8 Å². The lowest BCUT2D eigenvalue weighted by Gasteiger charge is -2.27. The lowest BCUT2D eigenvalue weighted by molar-refractivity contribution is -0.144. The molecule has 0 heterocycles. The van der Waals surface area contributed by atoms with Gasteiger partial charge < -0.3 is 9.84 Å². The molecule has 0 aromatic heterocycles. The molecule has 0 amide bonds. The topological polar surface area (TPSA) is 80.7 Å². The van der Waals surface area contributed by atoms with Gasteiger partial charge >= 0.3 is 5.97 Å². The highest BCUT2D eigenvalue weighted by Crippen LogP contribution is 2.25. The number of carboxylic acid groups (broad SMARTS) is 1. The quantitative estimate of drug-likeness (QED) is 0.766.